The van der Waals surface area contributed by atoms with E-state index in [1.807, 2.05) is 53.4 Å². The van der Waals surface area contributed by atoms with E-state index in [9.17, 15) is 4.79 Å². The highest BCUT2D eigenvalue weighted by Crippen LogP contribution is 2.33. The Labute approximate surface area is 198 Å². The molecule has 0 aliphatic carbocycles. The number of carbonyl (C=O) groups is 1. The van der Waals surface area contributed by atoms with Gasteiger partial charge < -0.3 is 9.80 Å². The molecule has 5 nitrogen and oxygen atoms in total. The molecule has 1 aromatic heterocycles. The Balaban J connectivity index is 1.08. The zero-order valence-corrected chi connectivity index (χ0v) is 19.4. The average molecular weight is 469 g/mol. The number of piperazine rings is 1. The van der Waals surface area contributed by atoms with Crippen molar-refractivity contribution in [2.75, 3.05) is 44.2 Å². The molecule has 0 unspecified atom stereocenters. The minimum absolute atomic E-state index is 0.116. The summed E-state index contributed by atoms with van der Waals surface area (Å²) in [5.41, 5.74) is 3.65. The van der Waals surface area contributed by atoms with E-state index >= 15 is 0 Å². The highest BCUT2D eigenvalue weighted by Gasteiger charge is 2.28. The van der Waals surface area contributed by atoms with Gasteiger partial charge >= 0.3 is 0 Å². The summed E-state index contributed by atoms with van der Waals surface area (Å²) < 4.78 is 0. The number of hydrogen-bond donors (Lipinski definition) is 0. The smallest absolute Gasteiger partial charge is 0.256 e. The van der Waals surface area contributed by atoms with Gasteiger partial charge in [0.05, 0.1) is 39.1 Å². The van der Waals surface area contributed by atoms with E-state index < -0.39 is 0 Å². The lowest BCUT2D eigenvalue weighted by Gasteiger charge is -2.36. The van der Waals surface area contributed by atoms with E-state index in [1.165, 1.54) is 0 Å². The second-order valence-electron chi connectivity index (χ2n) is 8.51. The lowest BCUT2D eigenvalue weighted by atomic mass is 10.1. The lowest BCUT2D eigenvalue weighted by molar-refractivity contribution is 0.0773. The minimum Gasteiger partial charge on any atom is -0.368 e. The molecule has 0 bridgehead atoms. The van der Waals surface area contributed by atoms with Crippen LogP contribution in [0.2, 0.25) is 10.0 Å². The van der Waals surface area contributed by atoms with Gasteiger partial charge in [0.25, 0.3) is 5.91 Å². The molecule has 0 N–H and O–H groups in total. The molecule has 5 rings (SSSR count). The number of anilines is 1. The van der Waals surface area contributed by atoms with Crippen LogP contribution in [0, 0.1) is 0 Å². The predicted molar refractivity (Wildman–Crippen MR) is 131 cm³/mol. The van der Waals surface area contributed by atoms with E-state index in [0.29, 0.717) is 16.6 Å². The van der Waals surface area contributed by atoms with Gasteiger partial charge in [-0.1, -0.05) is 47.5 Å². The molecule has 32 heavy (non-hydrogen) atoms. The van der Waals surface area contributed by atoms with Crippen LogP contribution in [0.4, 0.5) is 5.69 Å². The van der Waals surface area contributed by atoms with Gasteiger partial charge in [-0.15, -0.1) is 0 Å². The van der Waals surface area contributed by atoms with Crippen molar-refractivity contribution in [1.82, 2.24) is 14.8 Å². The summed E-state index contributed by atoms with van der Waals surface area (Å²) in [6.07, 6.45) is 2.08. The highest BCUT2D eigenvalue weighted by molar-refractivity contribution is 6.43. The van der Waals surface area contributed by atoms with Crippen molar-refractivity contribution >= 4 is 45.7 Å². The Kier molecular flexibility index (Phi) is 6.22. The number of nitrogens with zero attached hydrogens (tertiary/aromatic N) is 4. The summed E-state index contributed by atoms with van der Waals surface area (Å²) in [5.74, 6) is 0.116. The van der Waals surface area contributed by atoms with Crippen LogP contribution < -0.4 is 4.90 Å². The SMILES string of the molecule is O=C1c2cc3ccccc3nc2CN1CCCCN1CCN(c2cccc(Cl)c2Cl)CC1. The first-order valence-corrected chi connectivity index (χ1v) is 11.9. The lowest BCUT2D eigenvalue weighted by Crippen LogP contribution is -2.46. The average Bonchev–Trinajstić information content (AvgIpc) is 3.12. The number of carbonyl (C=O) groups excluding carboxylic acids is 1. The van der Waals surface area contributed by atoms with Crippen molar-refractivity contribution in [2.45, 2.75) is 19.4 Å². The fourth-order valence-electron chi connectivity index (χ4n) is 4.65. The van der Waals surface area contributed by atoms with Gasteiger partial charge in [-0.3, -0.25) is 14.7 Å². The van der Waals surface area contributed by atoms with Gasteiger partial charge in [0, 0.05) is 38.1 Å². The van der Waals surface area contributed by atoms with Crippen molar-refractivity contribution < 1.29 is 4.79 Å². The van der Waals surface area contributed by atoms with Crippen LogP contribution in [-0.2, 0) is 6.54 Å². The summed E-state index contributed by atoms with van der Waals surface area (Å²) >= 11 is 12.5. The second-order valence-corrected chi connectivity index (χ2v) is 9.30. The molecule has 0 radical (unpaired) electrons. The molecule has 2 aromatic carbocycles. The molecule has 3 heterocycles. The minimum atomic E-state index is 0.116. The number of pyridine rings is 1. The fraction of sp³-hybridized carbons (Fsp3) is 0.360. The molecule has 2 aliphatic heterocycles. The molecule has 3 aromatic rings. The third-order valence-corrected chi connectivity index (χ3v) is 7.27. The van der Waals surface area contributed by atoms with Crippen LogP contribution >= 0.6 is 23.2 Å². The predicted octanol–water partition coefficient (Wildman–Crippen LogP) is 5.10. The second kappa shape index (κ2) is 9.26. The number of hydrogen-bond acceptors (Lipinski definition) is 4. The maximum absolute atomic E-state index is 12.8. The van der Waals surface area contributed by atoms with Crippen LogP contribution in [0.25, 0.3) is 10.9 Å². The summed E-state index contributed by atoms with van der Waals surface area (Å²) in [6, 6.07) is 15.8. The van der Waals surface area contributed by atoms with Crippen molar-refractivity contribution in [3.63, 3.8) is 0 Å². The number of aromatic nitrogens is 1. The third kappa shape index (κ3) is 4.29. The maximum atomic E-state index is 12.8. The van der Waals surface area contributed by atoms with Gasteiger partial charge in [-0.2, -0.15) is 0 Å². The number of benzene rings is 2. The monoisotopic (exact) mass is 468 g/mol. The zero-order chi connectivity index (χ0) is 22.1. The number of halogens is 2. The zero-order valence-electron chi connectivity index (χ0n) is 17.9. The summed E-state index contributed by atoms with van der Waals surface area (Å²) in [7, 11) is 0. The molecule has 1 saturated heterocycles. The Morgan fingerprint density at radius 2 is 1.69 bits per heavy atom. The maximum Gasteiger partial charge on any atom is 0.256 e. The van der Waals surface area contributed by atoms with Gasteiger partial charge in [0.1, 0.15) is 0 Å². The third-order valence-electron chi connectivity index (χ3n) is 6.46. The van der Waals surface area contributed by atoms with Crippen molar-refractivity contribution in [2.24, 2.45) is 0 Å². The first kappa shape index (κ1) is 21.5. The van der Waals surface area contributed by atoms with Gasteiger partial charge in [-0.25, -0.2) is 0 Å². The Morgan fingerprint density at radius 1 is 0.906 bits per heavy atom. The number of unbranched alkanes of at least 4 members (excludes halogenated alkanes) is 1. The van der Waals surface area contributed by atoms with Gasteiger partial charge in [-0.05, 0) is 43.7 Å². The first-order chi connectivity index (χ1) is 15.6. The topological polar surface area (TPSA) is 39.7 Å². The van der Waals surface area contributed by atoms with E-state index in [1.54, 1.807) is 0 Å². The van der Waals surface area contributed by atoms with Crippen LogP contribution in [-0.4, -0.2) is 60.0 Å². The van der Waals surface area contributed by atoms with Crippen molar-refractivity contribution in [3.8, 4) is 0 Å². The first-order valence-electron chi connectivity index (χ1n) is 11.2. The molecule has 1 amide bonds. The Morgan fingerprint density at radius 3 is 2.53 bits per heavy atom. The van der Waals surface area contributed by atoms with Gasteiger partial charge in [0.2, 0.25) is 0 Å². The number of fused-ring (bicyclic) bond motifs is 2. The van der Waals surface area contributed by atoms with E-state index in [4.69, 9.17) is 28.2 Å². The fourth-order valence-corrected chi connectivity index (χ4v) is 5.07. The molecular formula is C25H26Cl2N4O. The Hall–Kier alpha value is -2.34. The standard InChI is InChI=1S/C25H26Cl2N4O/c26-20-7-5-9-23(24(20)27)30-14-12-29(13-15-30)10-3-4-11-31-17-22-19(25(31)32)16-18-6-1-2-8-21(18)28-22/h1-2,5-9,16H,3-4,10-15,17H2. The molecule has 1 fully saturated rings. The van der Waals surface area contributed by atoms with E-state index in [0.717, 1.165) is 80.0 Å². The quantitative estimate of drug-likeness (QED) is 0.471. The van der Waals surface area contributed by atoms with Crippen LogP contribution in [0.5, 0.6) is 0 Å². The molecule has 166 valence electrons. The summed E-state index contributed by atoms with van der Waals surface area (Å²) in [5, 5.41) is 2.27. The van der Waals surface area contributed by atoms with Crippen molar-refractivity contribution in [1.29, 1.82) is 0 Å². The molecule has 2 aliphatic rings. The number of para-hydroxylation sites is 1. The van der Waals surface area contributed by atoms with Crippen LogP contribution in [0.15, 0.2) is 48.5 Å². The Bertz CT molecular complexity index is 1140. The number of rotatable bonds is 6. The van der Waals surface area contributed by atoms with E-state index in [-0.39, 0.29) is 5.91 Å². The molecule has 0 spiro atoms. The summed E-state index contributed by atoms with van der Waals surface area (Å²) in [4.78, 5) is 24.3. The van der Waals surface area contributed by atoms with Crippen LogP contribution in [0.1, 0.15) is 28.9 Å². The summed E-state index contributed by atoms with van der Waals surface area (Å²) in [6.45, 7) is 6.36. The van der Waals surface area contributed by atoms with Crippen molar-refractivity contribution in [3.05, 3.63) is 69.8 Å². The molecule has 7 heteroatoms. The van der Waals surface area contributed by atoms with Gasteiger partial charge in [0.15, 0.2) is 0 Å². The van der Waals surface area contributed by atoms with E-state index in [2.05, 4.69) is 9.80 Å². The largest absolute Gasteiger partial charge is 0.368 e. The van der Waals surface area contributed by atoms with Crippen LogP contribution in [0.3, 0.4) is 0 Å². The molecule has 0 saturated carbocycles. The normalized spacial score (nSPS) is 16.8. The highest BCUT2D eigenvalue weighted by atomic mass is 35.5. The molecular weight excluding hydrogens is 443 g/mol. The molecule has 0 atom stereocenters. The number of amides is 1.